The average molecular weight is 425 g/mol. The van der Waals surface area contributed by atoms with Crippen molar-refractivity contribution in [3.63, 3.8) is 0 Å². The molecular formula is C24H32N4O3. The van der Waals surface area contributed by atoms with Crippen LogP contribution in [-0.2, 0) is 0 Å². The SMILES string of the molecule is CN=C(NCC(c1cccc(OC)c1)N1CCCC1)Nc1ccc2c(c1)OCCCO2. The molecule has 1 fully saturated rings. The molecule has 1 unspecified atom stereocenters. The molecule has 2 aromatic rings. The van der Waals surface area contributed by atoms with Gasteiger partial charge in [-0.15, -0.1) is 0 Å². The quantitative estimate of drug-likeness (QED) is 0.545. The first-order valence-corrected chi connectivity index (χ1v) is 11.0. The molecule has 2 aliphatic rings. The second-order valence-corrected chi connectivity index (χ2v) is 7.83. The Labute approximate surface area is 184 Å². The average Bonchev–Trinajstić information content (AvgIpc) is 3.23. The molecule has 0 saturated carbocycles. The normalized spacial score (nSPS) is 17.7. The third-order valence-corrected chi connectivity index (χ3v) is 5.76. The number of anilines is 1. The van der Waals surface area contributed by atoms with Gasteiger partial charge in [-0.2, -0.15) is 0 Å². The molecule has 0 bridgehead atoms. The highest BCUT2D eigenvalue weighted by atomic mass is 16.5. The maximum Gasteiger partial charge on any atom is 0.195 e. The maximum atomic E-state index is 5.81. The maximum absolute atomic E-state index is 5.81. The topological polar surface area (TPSA) is 67.4 Å². The van der Waals surface area contributed by atoms with Gasteiger partial charge in [0.15, 0.2) is 17.5 Å². The molecular weight excluding hydrogens is 392 g/mol. The van der Waals surface area contributed by atoms with E-state index in [1.807, 2.05) is 24.3 Å². The molecule has 7 heteroatoms. The minimum atomic E-state index is 0.250. The molecule has 166 valence electrons. The number of benzene rings is 2. The highest BCUT2D eigenvalue weighted by Crippen LogP contribution is 2.32. The van der Waals surface area contributed by atoms with Crippen LogP contribution in [0.15, 0.2) is 47.5 Å². The van der Waals surface area contributed by atoms with Gasteiger partial charge in [-0.1, -0.05) is 12.1 Å². The third kappa shape index (κ3) is 5.41. The lowest BCUT2D eigenvalue weighted by molar-refractivity contribution is 0.245. The lowest BCUT2D eigenvalue weighted by atomic mass is 10.1. The Kier molecular flexibility index (Phi) is 7.14. The fourth-order valence-electron chi connectivity index (χ4n) is 4.11. The highest BCUT2D eigenvalue weighted by molar-refractivity contribution is 5.93. The molecule has 0 radical (unpaired) electrons. The summed E-state index contributed by atoms with van der Waals surface area (Å²) in [5.74, 6) is 3.17. The molecule has 0 spiro atoms. The van der Waals surface area contributed by atoms with Gasteiger partial charge in [0.25, 0.3) is 0 Å². The van der Waals surface area contributed by atoms with E-state index in [0.29, 0.717) is 13.2 Å². The van der Waals surface area contributed by atoms with Crippen LogP contribution in [0, 0.1) is 0 Å². The van der Waals surface area contributed by atoms with Crippen molar-refractivity contribution in [2.45, 2.75) is 25.3 Å². The van der Waals surface area contributed by atoms with Gasteiger partial charge in [0.1, 0.15) is 5.75 Å². The van der Waals surface area contributed by atoms with E-state index >= 15 is 0 Å². The standard InChI is InChI=1S/C24H32N4O3/c1-25-24(27-19-9-10-22-23(16-19)31-14-6-13-30-22)26-17-21(28-11-3-4-12-28)18-7-5-8-20(15-18)29-2/h5,7-10,15-16,21H,3-4,6,11-14,17H2,1-2H3,(H2,25,26,27). The van der Waals surface area contributed by atoms with Gasteiger partial charge >= 0.3 is 0 Å². The number of hydrogen-bond donors (Lipinski definition) is 2. The number of aliphatic imine (C=N–C) groups is 1. The van der Waals surface area contributed by atoms with Gasteiger partial charge in [-0.05, 0) is 55.8 Å². The van der Waals surface area contributed by atoms with Crippen LogP contribution in [0.5, 0.6) is 17.2 Å². The Balaban J connectivity index is 1.44. The fraction of sp³-hybridized carbons (Fsp3) is 0.458. The van der Waals surface area contributed by atoms with Crippen molar-refractivity contribution in [1.29, 1.82) is 0 Å². The Morgan fingerprint density at radius 2 is 1.87 bits per heavy atom. The van der Waals surface area contributed by atoms with Crippen LogP contribution in [0.4, 0.5) is 5.69 Å². The van der Waals surface area contributed by atoms with E-state index < -0.39 is 0 Å². The van der Waals surface area contributed by atoms with Crippen molar-refractivity contribution in [3.8, 4) is 17.2 Å². The molecule has 2 aromatic carbocycles. The second-order valence-electron chi connectivity index (χ2n) is 7.83. The van der Waals surface area contributed by atoms with Crippen LogP contribution in [0.3, 0.4) is 0 Å². The third-order valence-electron chi connectivity index (χ3n) is 5.76. The van der Waals surface area contributed by atoms with Crippen molar-refractivity contribution < 1.29 is 14.2 Å². The second kappa shape index (κ2) is 10.4. The number of rotatable bonds is 6. The number of ether oxygens (including phenoxy) is 3. The molecule has 0 amide bonds. The summed E-state index contributed by atoms with van der Waals surface area (Å²) in [5.41, 5.74) is 2.16. The monoisotopic (exact) mass is 424 g/mol. The number of nitrogens with zero attached hydrogens (tertiary/aromatic N) is 2. The van der Waals surface area contributed by atoms with E-state index in [-0.39, 0.29) is 6.04 Å². The van der Waals surface area contributed by atoms with Crippen LogP contribution in [0.25, 0.3) is 0 Å². The zero-order valence-electron chi connectivity index (χ0n) is 18.4. The van der Waals surface area contributed by atoms with Gasteiger partial charge < -0.3 is 24.8 Å². The molecule has 2 N–H and O–H groups in total. The molecule has 7 nitrogen and oxygen atoms in total. The lowest BCUT2D eigenvalue weighted by Crippen LogP contribution is -2.39. The first-order valence-electron chi connectivity index (χ1n) is 11.0. The summed E-state index contributed by atoms with van der Waals surface area (Å²) in [4.78, 5) is 6.95. The van der Waals surface area contributed by atoms with Crippen LogP contribution in [0.2, 0.25) is 0 Å². The van der Waals surface area contributed by atoms with Gasteiger partial charge in [0.2, 0.25) is 0 Å². The molecule has 2 heterocycles. The minimum Gasteiger partial charge on any atom is -0.497 e. The minimum absolute atomic E-state index is 0.250. The smallest absolute Gasteiger partial charge is 0.195 e. The number of nitrogens with one attached hydrogen (secondary N) is 2. The molecule has 0 aromatic heterocycles. The van der Waals surface area contributed by atoms with E-state index in [1.165, 1.54) is 18.4 Å². The summed E-state index contributed by atoms with van der Waals surface area (Å²) in [7, 11) is 3.50. The van der Waals surface area contributed by atoms with E-state index in [9.17, 15) is 0 Å². The fourth-order valence-corrected chi connectivity index (χ4v) is 4.11. The van der Waals surface area contributed by atoms with Crippen molar-refractivity contribution in [3.05, 3.63) is 48.0 Å². The summed E-state index contributed by atoms with van der Waals surface area (Å²) >= 11 is 0. The van der Waals surface area contributed by atoms with Crippen molar-refractivity contribution in [1.82, 2.24) is 10.2 Å². The summed E-state index contributed by atoms with van der Waals surface area (Å²) in [5, 5.41) is 6.89. The van der Waals surface area contributed by atoms with Gasteiger partial charge in [-0.3, -0.25) is 9.89 Å². The number of methoxy groups -OCH3 is 1. The van der Waals surface area contributed by atoms with E-state index in [1.54, 1.807) is 14.2 Å². The van der Waals surface area contributed by atoms with Crippen molar-refractivity contribution in [2.24, 2.45) is 4.99 Å². The Morgan fingerprint density at radius 3 is 2.65 bits per heavy atom. The van der Waals surface area contributed by atoms with Crippen LogP contribution in [-0.4, -0.2) is 57.9 Å². The van der Waals surface area contributed by atoms with Crippen molar-refractivity contribution >= 4 is 11.6 Å². The molecule has 31 heavy (non-hydrogen) atoms. The summed E-state index contributed by atoms with van der Waals surface area (Å²) < 4.78 is 17.0. The summed E-state index contributed by atoms with van der Waals surface area (Å²) in [6, 6.07) is 14.5. The molecule has 1 atom stereocenters. The van der Waals surface area contributed by atoms with E-state index in [2.05, 4.69) is 38.7 Å². The Bertz CT molecular complexity index is 896. The van der Waals surface area contributed by atoms with Gasteiger partial charge in [0.05, 0.1) is 26.4 Å². The number of hydrogen-bond acceptors (Lipinski definition) is 5. The zero-order valence-corrected chi connectivity index (χ0v) is 18.4. The summed E-state index contributed by atoms with van der Waals surface area (Å²) in [6.45, 7) is 4.32. The predicted octanol–water partition coefficient (Wildman–Crippen LogP) is 3.68. The number of fused-ring (bicyclic) bond motifs is 1. The molecule has 2 aliphatic heterocycles. The van der Waals surface area contributed by atoms with Crippen LogP contribution < -0.4 is 24.8 Å². The van der Waals surface area contributed by atoms with E-state index in [4.69, 9.17) is 14.2 Å². The highest BCUT2D eigenvalue weighted by Gasteiger charge is 2.24. The van der Waals surface area contributed by atoms with Crippen molar-refractivity contribution in [2.75, 3.05) is 52.3 Å². The zero-order chi connectivity index (χ0) is 21.5. The molecule has 0 aliphatic carbocycles. The first-order chi connectivity index (χ1) is 15.3. The Morgan fingerprint density at radius 1 is 1.06 bits per heavy atom. The largest absolute Gasteiger partial charge is 0.497 e. The molecule has 4 rings (SSSR count). The molecule has 1 saturated heterocycles. The van der Waals surface area contributed by atoms with E-state index in [0.717, 1.165) is 55.0 Å². The van der Waals surface area contributed by atoms with Crippen LogP contribution in [0.1, 0.15) is 30.9 Å². The summed E-state index contributed by atoms with van der Waals surface area (Å²) in [6.07, 6.45) is 3.37. The Hall–Kier alpha value is -2.93. The van der Waals surface area contributed by atoms with Gasteiger partial charge in [0, 0.05) is 31.8 Å². The first kappa shape index (κ1) is 21.3. The number of likely N-dealkylation sites (tertiary alicyclic amines) is 1. The number of guanidine groups is 1. The van der Waals surface area contributed by atoms with Gasteiger partial charge in [-0.25, -0.2) is 0 Å². The van der Waals surface area contributed by atoms with Crippen LogP contribution >= 0.6 is 0 Å². The lowest BCUT2D eigenvalue weighted by Gasteiger charge is -2.29. The predicted molar refractivity (Wildman–Crippen MR) is 124 cm³/mol.